The van der Waals surface area contributed by atoms with Gasteiger partial charge in [0.15, 0.2) is 0 Å². The topological polar surface area (TPSA) is 81.2 Å². The van der Waals surface area contributed by atoms with E-state index in [9.17, 15) is 0 Å². The van der Waals surface area contributed by atoms with Gasteiger partial charge in [-0.3, -0.25) is 0 Å². The van der Waals surface area contributed by atoms with Crippen LogP contribution in [0.4, 0.5) is 11.9 Å². The first-order valence-electron chi connectivity index (χ1n) is 6.02. The largest absolute Gasteiger partial charge is 0.467 e. The van der Waals surface area contributed by atoms with Gasteiger partial charge >= 0.3 is 6.01 Å². The number of nitrogens with zero attached hydrogens (tertiary/aromatic N) is 3. The van der Waals surface area contributed by atoms with Crippen LogP contribution in [-0.2, 0) is 4.74 Å². The van der Waals surface area contributed by atoms with E-state index in [0.717, 1.165) is 13.0 Å². The minimum Gasteiger partial charge on any atom is -0.467 e. The fraction of sp³-hybridized carbons (Fsp3) is 0.727. The normalized spacial score (nSPS) is 12.0. The summed E-state index contributed by atoms with van der Waals surface area (Å²) in [5.74, 6) is 0.987. The Morgan fingerprint density at radius 3 is 2.39 bits per heavy atom. The van der Waals surface area contributed by atoms with E-state index in [1.165, 1.54) is 7.11 Å². The SMILES string of the molecule is CCNc1nc(NC(CC)COC)nc(OC)n1. The molecule has 1 rings (SSSR count). The molecule has 18 heavy (non-hydrogen) atoms. The average Bonchev–Trinajstić information content (AvgIpc) is 2.38. The van der Waals surface area contributed by atoms with Gasteiger partial charge in [0.1, 0.15) is 0 Å². The molecule has 0 amide bonds. The molecule has 102 valence electrons. The lowest BCUT2D eigenvalue weighted by atomic mass is 10.2. The van der Waals surface area contributed by atoms with Crippen LogP contribution in [0.2, 0.25) is 0 Å². The van der Waals surface area contributed by atoms with Gasteiger partial charge in [-0.05, 0) is 13.3 Å². The predicted molar refractivity (Wildman–Crippen MR) is 70.1 cm³/mol. The Kier molecular flexibility index (Phi) is 6.13. The molecular weight excluding hydrogens is 234 g/mol. The van der Waals surface area contributed by atoms with Gasteiger partial charge in [0.05, 0.1) is 19.8 Å². The van der Waals surface area contributed by atoms with Gasteiger partial charge < -0.3 is 20.1 Å². The maximum Gasteiger partial charge on any atom is 0.322 e. The second-order valence-electron chi connectivity index (χ2n) is 3.70. The van der Waals surface area contributed by atoms with E-state index in [4.69, 9.17) is 9.47 Å². The van der Waals surface area contributed by atoms with Gasteiger partial charge in [-0.15, -0.1) is 0 Å². The van der Waals surface area contributed by atoms with Crippen molar-refractivity contribution < 1.29 is 9.47 Å². The lowest BCUT2D eigenvalue weighted by Gasteiger charge is -2.16. The van der Waals surface area contributed by atoms with Crippen LogP contribution in [-0.4, -0.2) is 48.4 Å². The highest BCUT2D eigenvalue weighted by atomic mass is 16.5. The van der Waals surface area contributed by atoms with Gasteiger partial charge in [0.25, 0.3) is 0 Å². The van der Waals surface area contributed by atoms with Crippen LogP contribution >= 0.6 is 0 Å². The van der Waals surface area contributed by atoms with Gasteiger partial charge in [-0.2, -0.15) is 15.0 Å². The Morgan fingerprint density at radius 1 is 1.11 bits per heavy atom. The maximum atomic E-state index is 5.12. The fourth-order valence-electron chi connectivity index (χ4n) is 1.39. The van der Waals surface area contributed by atoms with Crippen LogP contribution in [0, 0.1) is 0 Å². The van der Waals surface area contributed by atoms with Crippen molar-refractivity contribution in [2.45, 2.75) is 26.3 Å². The lowest BCUT2D eigenvalue weighted by Crippen LogP contribution is -2.25. The monoisotopic (exact) mass is 255 g/mol. The Labute approximate surface area is 107 Å². The first kappa shape index (κ1) is 14.4. The van der Waals surface area contributed by atoms with Gasteiger partial charge in [0.2, 0.25) is 11.9 Å². The Balaban J connectivity index is 2.82. The number of methoxy groups -OCH3 is 2. The number of hydrogen-bond donors (Lipinski definition) is 2. The molecule has 0 aliphatic carbocycles. The van der Waals surface area contributed by atoms with Gasteiger partial charge in [-0.25, -0.2) is 0 Å². The van der Waals surface area contributed by atoms with Gasteiger partial charge in [-0.1, -0.05) is 6.92 Å². The third kappa shape index (κ3) is 4.33. The highest BCUT2D eigenvalue weighted by Gasteiger charge is 2.10. The smallest absolute Gasteiger partial charge is 0.322 e. The summed E-state index contributed by atoms with van der Waals surface area (Å²) in [6, 6.07) is 0.451. The molecule has 7 heteroatoms. The van der Waals surface area contributed by atoms with Crippen LogP contribution in [0.3, 0.4) is 0 Å². The molecule has 0 bridgehead atoms. The maximum absolute atomic E-state index is 5.12. The van der Waals surface area contributed by atoms with E-state index in [0.29, 0.717) is 18.5 Å². The minimum absolute atomic E-state index is 0.164. The fourth-order valence-corrected chi connectivity index (χ4v) is 1.39. The Bertz CT molecular complexity index is 361. The highest BCUT2D eigenvalue weighted by molar-refractivity contribution is 5.36. The van der Waals surface area contributed by atoms with Crippen molar-refractivity contribution in [3.8, 4) is 6.01 Å². The van der Waals surface area contributed by atoms with Crippen molar-refractivity contribution in [3.05, 3.63) is 0 Å². The van der Waals surface area contributed by atoms with Crippen LogP contribution in [0.5, 0.6) is 6.01 Å². The van der Waals surface area contributed by atoms with Gasteiger partial charge in [0, 0.05) is 13.7 Å². The van der Waals surface area contributed by atoms with Crippen molar-refractivity contribution in [3.63, 3.8) is 0 Å². The van der Waals surface area contributed by atoms with E-state index >= 15 is 0 Å². The average molecular weight is 255 g/mol. The summed E-state index contributed by atoms with van der Waals surface area (Å²) in [6.45, 7) is 5.38. The van der Waals surface area contributed by atoms with Crippen molar-refractivity contribution >= 4 is 11.9 Å². The molecule has 1 aromatic rings. The molecule has 1 unspecified atom stereocenters. The molecule has 1 atom stereocenters. The molecular formula is C11H21N5O2. The molecule has 0 spiro atoms. The summed E-state index contributed by atoms with van der Waals surface area (Å²) in [6.07, 6.45) is 0.915. The quantitative estimate of drug-likeness (QED) is 0.721. The van der Waals surface area contributed by atoms with Crippen LogP contribution in [0.25, 0.3) is 0 Å². The number of anilines is 2. The first-order chi connectivity index (χ1) is 8.73. The molecule has 1 heterocycles. The standard InChI is InChI=1S/C11H21N5O2/c1-5-8(7-17-3)13-10-14-9(12-6-2)15-11(16-10)18-4/h8H,5-7H2,1-4H3,(H2,12,13,14,15,16). The number of hydrogen-bond acceptors (Lipinski definition) is 7. The summed E-state index contributed by atoms with van der Waals surface area (Å²) in [4.78, 5) is 12.5. The van der Waals surface area contributed by atoms with E-state index in [1.54, 1.807) is 7.11 Å². The predicted octanol–water partition coefficient (Wildman–Crippen LogP) is 1.15. The second-order valence-corrected chi connectivity index (χ2v) is 3.70. The zero-order chi connectivity index (χ0) is 13.4. The summed E-state index contributed by atoms with van der Waals surface area (Å²) < 4.78 is 10.2. The summed E-state index contributed by atoms with van der Waals surface area (Å²) in [7, 11) is 3.20. The number of rotatable bonds is 8. The molecule has 0 saturated heterocycles. The Morgan fingerprint density at radius 2 is 1.83 bits per heavy atom. The molecule has 7 nitrogen and oxygen atoms in total. The van der Waals surface area contributed by atoms with Crippen molar-refractivity contribution in [2.75, 3.05) is 38.0 Å². The molecule has 0 aliphatic heterocycles. The van der Waals surface area contributed by atoms with E-state index in [1.807, 2.05) is 6.92 Å². The third-order valence-corrected chi connectivity index (χ3v) is 2.33. The van der Waals surface area contributed by atoms with E-state index in [-0.39, 0.29) is 12.1 Å². The minimum atomic E-state index is 0.164. The van der Waals surface area contributed by atoms with Crippen LogP contribution in [0.1, 0.15) is 20.3 Å². The van der Waals surface area contributed by atoms with Crippen molar-refractivity contribution in [1.82, 2.24) is 15.0 Å². The summed E-state index contributed by atoms with van der Waals surface area (Å²) in [5.41, 5.74) is 0. The number of ether oxygens (including phenoxy) is 2. The van der Waals surface area contributed by atoms with E-state index < -0.39 is 0 Å². The molecule has 0 radical (unpaired) electrons. The molecule has 0 aliphatic rings. The number of aromatic nitrogens is 3. The van der Waals surface area contributed by atoms with Crippen LogP contribution < -0.4 is 15.4 Å². The first-order valence-corrected chi connectivity index (χ1v) is 6.02. The Hall–Kier alpha value is -1.63. The molecule has 2 N–H and O–H groups in total. The van der Waals surface area contributed by atoms with Crippen molar-refractivity contribution in [2.24, 2.45) is 0 Å². The summed E-state index contributed by atoms with van der Waals surface area (Å²) >= 11 is 0. The zero-order valence-electron chi connectivity index (χ0n) is 11.4. The number of nitrogens with one attached hydrogen (secondary N) is 2. The summed E-state index contributed by atoms with van der Waals surface area (Å²) in [5, 5.41) is 6.23. The highest BCUT2D eigenvalue weighted by Crippen LogP contribution is 2.12. The molecule has 1 aromatic heterocycles. The second kappa shape index (κ2) is 7.65. The van der Waals surface area contributed by atoms with Crippen molar-refractivity contribution in [1.29, 1.82) is 0 Å². The molecule has 0 fully saturated rings. The van der Waals surface area contributed by atoms with E-state index in [2.05, 4.69) is 32.5 Å². The lowest BCUT2D eigenvalue weighted by molar-refractivity contribution is 0.184. The molecule has 0 saturated carbocycles. The zero-order valence-corrected chi connectivity index (χ0v) is 11.4. The molecule has 0 aromatic carbocycles. The van der Waals surface area contributed by atoms with Crippen LogP contribution in [0.15, 0.2) is 0 Å². The third-order valence-electron chi connectivity index (χ3n) is 2.33.